The maximum Gasteiger partial charge on any atom is 0.252 e. The van der Waals surface area contributed by atoms with Gasteiger partial charge in [0, 0.05) is 20.7 Å². The van der Waals surface area contributed by atoms with Crippen LogP contribution in [0.5, 0.6) is 0 Å². The molecule has 0 saturated heterocycles. The Morgan fingerprint density at radius 1 is 1.17 bits per heavy atom. The standard InChI is InChI=1S/C14H10BrClOS/c15-12-4-6-13(7-5-12)18-9-10-2-1-3-11(8-10)14(16)17/h1-8H,9H2. The van der Waals surface area contributed by atoms with E-state index in [1.165, 1.54) is 4.90 Å². The van der Waals surface area contributed by atoms with E-state index in [9.17, 15) is 4.79 Å². The van der Waals surface area contributed by atoms with E-state index in [1.54, 1.807) is 17.8 Å². The van der Waals surface area contributed by atoms with Gasteiger partial charge < -0.3 is 0 Å². The molecule has 0 amide bonds. The molecule has 92 valence electrons. The SMILES string of the molecule is O=C(Cl)c1cccc(CSc2ccc(Br)cc2)c1. The summed E-state index contributed by atoms with van der Waals surface area (Å²) in [5.74, 6) is 0.819. The minimum atomic E-state index is -0.412. The minimum absolute atomic E-state index is 0.412. The van der Waals surface area contributed by atoms with Crippen LogP contribution in [0, 0.1) is 0 Å². The number of hydrogen-bond acceptors (Lipinski definition) is 2. The van der Waals surface area contributed by atoms with Crippen LogP contribution >= 0.6 is 39.3 Å². The van der Waals surface area contributed by atoms with Gasteiger partial charge in [-0.3, -0.25) is 4.79 Å². The summed E-state index contributed by atoms with van der Waals surface area (Å²) in [6.45, 7) is 0. The van der Waals surface area contributed by atoms with Crippen LogP contribution in [0.4, 0.5) is 0 Å². The van der Waals surface area contributed by atoms with Crippen LogP contribution in [0.3, 0.4) is 0 Å². The van der Waals surface area contributed by atoms with E-state index < -0.39 is 5.24 Å². The Balaban J connectivity index is 2.04. The van der Waals surface area contributed by atoms with Crippen molar-refractivity contribution in [1.82, 2.24) is 0 Å². The second kappa shape index (κ2) is 6.41. The maximum absolute atomic E-state index is 11.1. The van der Waals surface area contributed by atoms with E-state index in [0.29, 0.717) is 5.56 Å². The molecule has 0 heterocycles. The van der Waals surface area contributed by atoms with Crippen LogP contribution in [0.2, 0.25) is 0 Å². The first-order chi connectivity index (χ1) is 8.65. The van der Waals surface area contributed by atoms with E-state index in [1.807, 2.05) is 30.3 Å². The molecule has 0 spiro atoms. The molecule has 0 saturated carbocycles. The molecule has 0 aliphatic heterocycles. The van der Waals surface area contributed by atoms with Crippen LogP contribution in [0.15, 0.2) is 57.9 Å². The zero-order chi connectivity index (χ0) is 13.0. The molecule has 0 atom stereocenters. The lowest BCUT2D eigenvalue weighted by molar-refractivity contribution is 0.108. The maximum atomic E-state index is 11.1. The van der Waals surface area contributed by atoms with Crippen molar-refractivity contribution in [3.8, 4) is 0 Å². The van der Waals surface area contributed by atoms with Gasteiger partial charge in [-0.25, -0.2) is 0 Å². The number of benzene rings is 2. The molecular formula is C14H10BrClOS. The van der Waals surface area contributed by atoms with E-state index in [2.05, 4.69) is 28.1 Å². The Hall–Kier alpha value is -0.770. The fourth-order valence-electron chi connectivity index (χ4n) is 1.48. The van der Waals surface area contributed by atoms with E-state index in [4.69, 9.17) is 11.6 Å². The molecule has 0 aliphatic carbocycles. The van der Waals surface area contributed by atoms with Crippen LogP contribution in [0.25, 0.3) is 0 Å². The van der Waals surface area contributed by atoms with Crippen molar-refractivity contribution in [2.45, 2.75) is 10.6 Å². The van der Waals surface area contributed by atoms with Crippen LogP contribution in [0.1, 0.15) is 15.9 Å². The van der Waals surface area contributed by atoms with E-state index in [-0.39, 0.29) is 0 Å². The number of thioether (sulfide) groups is 1. The van der Waals surface area contributed by atoms with Gasteiger partial charge >= 0.3 is 0 Å². The fraction of sp³-hybridized carbons (Fsp3) is 0.0714. The number of halogens is 2. The van der Waals surface area contributed by atoms with Crippen molar-refractivity contribution in [2.75, 3.05) is 0 Å². The Kier molecular flexibility index (Phi) is 4.87. The van der Waals surface area contributed by atoms with Gasteiger partial charge in [-0.1, -0.05) is 34.1 Å². The quantitative estimate of drug-likeness (QED) is 0.567. The number of rotatable bonds is 4. The van der Waals surface area contributed by atoms with Gasteiger partial charge in [0.15, 0.2) is 0 Å². The van der Waals surface area contributed by atoms with E-state index in [0.717, 1.165) is 15.8 Å². The molecule has 0 unspecified atom stereocenters. The summed E-state index contributed by atoms with van der Waals surface area (Å²) < 4.78 is 1.07. The summed E-state index contributed by atoms with van der Waals surface area (Å²) in [4.78, 5) is 12.3. The summed E-state index contributed by atoms with van der Waals surface area (Å²) in [7, 11) is 0. The highest BCUT2D eigenvalue weighted by molar-refractivity contribution is 9.10. The Morgan fingerprint density at radius 2 is 1.89 bits per heavy atom. The lowest BCUT2D eigenvalue weighted by atomic mass is 10.2. The lowest BCUT2D eigenvalue weighted by Crippen LogP contribution is -1.90. The molecule has 1 nitrogen and oxygen atoms in total. The van der Waals surface area contributed by atoms with Gasteiger partial charge in [0.2, 0.25) is 0 Å². The lowest BCUT2D eigenvalue weighted by Gasteiger charge is -2.03. The molecule has 18 heavy (non-hydrogen) atoms. The molecule has 0 N–H and O–H groups in total. The largest absolute Gasteiger partial charge is 0.276 e. The zero-order valence-corrected chi connectivity index (χ0v) is 12.6. The third-order valence-corrected chi connectivity index (χ3v) is 4.20. The Morgan fingerprint density at radius 3 is 2.56 bits per heavy atom. The highest BCUT2D eigenvalue weighted by atomic mass is 79.9. The zero-order valence-electron chi connectivity index (χ0n) is 9.40. The monoisotopic (exact) mass is 340 g/mol. The van der Waals surface area contributed by atoms with Gasteiger partial charge in [-0.05, 0) is 47.5 Å². The van der Waals surface area contributed by atoms with Gasteiger partial charge in [0.25, 0.3) is 5.24 Å². The molecular weight excluding hydrogens is 332 g/mol. The van der Waals surface area contributed by atoms with E-state index >= 15 is 0 Å². The van der Waals surface area contributed by atoms with Crippen LogP contribution in [-0.2, 0) is 5.75 Å². The van der Waals surface area contributed by atoms with Crippen molar-refractivity contribution < 1.29 is 4.79 Å². The van der Waals surface area contributed by atoms with Crippen molar-refractivity contribution >= 4 is 44.5 Å². The highest BCUT2D eigenvalue weighted by Crippen LogP contribution is 2.24. The first kappa shape index (κ1) is 13.7. The predicted octanol–water partition coefficient (Wildman–Crippen LogP) is 5.12. The van der Waals surface area contributed by atoms with Crippen LogP contribution < -0.4 is 0 Å². The summed E-state index contributed by atoms with van der Waals surface area (Å²) in [6, 6.07) is 15.6. The van der Waals surface area contributed by atoms with Gasteiger partial charge in [0.05, 0.1) is 0 Å². The smallest absolute Gasteiger partial charge is 0.252 e. The molecule has 4 heteroatoms. The van der Waals surface area contributed by atoms with Crippen molar-refractivity contribution in [3.63, 3.8) is 0 Å². The number of hydrogen-bond donors (Lipinski definition) is 0. The third kappa shape index (κ3) is 3.87. The molecule has 2 aromatic carbocycles. The topological polar surface area (TPSA) is 17.1 Å². The molecule has 0 aliphatic rings. The van der Waals surface area contributed by atoms with Crippen molar-refractivity contribution in [1.29, 1.82) is 0 Å². The molecule has 2 aromatic rings. The van der Waals surface area contributed by atoms with Crippen LogP contribution in [-0.4, -0.2) is 5.24 Å². The Labute approximate surface area is 124 Å². The van der Waals surface area contributed by atoms with Gasteiger partial charge in [0.1, 0.15) is 0 Å². The molecule has 2 rings (SSSR count). The normalized spacial score (nSPS) is 10.3. The minimum Gasteiger partial charge on any atom is -0.276 e. The first-order valence-corrected chi connectivity index (χ1v) is 7.48. The summed E-state index contributed by atoms with van der Waals surface area (Å²) in [6.07, 6.45) is 0. The second-order valence-corrected chi connectivity index (χ2v) is 6.02. The average molecular weight is 342 g/mol. The Bertz CT molecular complexity index is 554. The third-order valence-electron chi connectivity index (χ3n) is 2.37. The summed E-state index contributed by atoms with van der Waals surface area (Å²) in [5, 5.41) is -0.412. The molecule has 0 fully saturated rings. The molecule has 0 radical (unpaired) electrons. The fourth-order valence-corrected chi connectivity index (χ4v) is 2.70. The van der Waals surface area contributed by atoms with Crippen molar-refractivity contribution in [3.05, 3.63) is 64.1 Å². The average Bonchev–Trinajstić information content (AvgIpc) is 2.38. The first-order valence-electron chi connectivity index (χ1n) is 5.32. The van der Waals surface area contributed by atoms with Gasteiger partial charge in [-0.2, -0.15) is 0 Å². The molecule has 0 aromatic heterocycles. The summed E-state index contributed by atoms with van der Waals surface area (Å²) in [5.41, 5.74) is 1.64. The van der Waals surface area contributed by atoms with Gasteiger partial charge in [-0.15, -0.1) is 11.8 Å². The predicted molar refractivity (Wildman–Crippen MR) is 80.3 cm³/mol. The molecule has 0 bridgehead atoms. The van der Waals surface area contributed by atoms with Crippen molar-refractivity contribution in [2.24, 2.45) is 0 Å². The highest BCUT2D eigenvalue weighted by Gasteiger charge is 2.03. The number of carbonyl (C=O) groups is 1. The second-order valence-electron chi connectivity index (χ2n) is 3.72. The number of carbonyl (C=O) groups excluding carboxylic acids is 1. The summed E-state index contributed by atoms with van der Waals surface area (Å²) >= 11 is 10.6.